The fraction of sp³-hybridized carbons (Fsp3) is 0.310. The molecule has 1 heterocycles. The zero-order chi connectivity index (χ0) is 28.7. The van der Waals surface area contributed by atoms with Gasteiger partial charge in [-0.2, -0.15) is 0 Å². The van der Waals surface area contributed by atoms with Gasteiger partial charge in [0.25, 0.3) is 10.0 Å². The molecule has 212 valence electrons. The van der Waals surface area contributed by atoms with Crippen LogP contribution in [0.1, 0.15) is 25.8 Å². The van der Waals surface area contributed by atoms with Crippen molar-refractivity contribution in [3.8, 4) is 11.5 Å². The Morgan fingerprint density at radius 3 is 2.33 bits per heavy atom. The number of halogens is 1. The van der Waals surface area contributed by atoms with Gasteiger partial charge < -0.3 is 19.7 Å². The molecule has 0 saturated carbocycles. The number of nitrogens with zero attached hydrogens (tertiary/aromatic N) is 2. The number of amides is 2. The molecule has 3 aromatic rings. The summed E-state index contributed by atoms with van der Waals surface area (Å²) in [5, 5.41) is 3.36. The lowest BCUT2D eigenvalue weighted by atomic mass is 10.1. The molecule has 1 N–H and O–H groups in total. The first kappa shape index (κ1) is 29.2. The van der Waals surface area contributed by atoms with Gasteiger partial charge >= 0.3 is 0 Å². The van der Waals surface area contributed by atoms with Crippen LogP contribution in [0.4, 0.5) is 5.69 Å². The van der Waals surface area contributed by atoms with Crippen LogP contribution in [0, 0.1) is 0 Å². The van der Waals surface area contributed by atoms with Crippen LogP contribution in [0.25, 0.3) is 0 Å². The van der Waals surface area contributed by atoms with Crippen molar-refractivity contribution in [2.45, 2.75) is 37.8 Å². The quantitative estimate of drug-likeness (QED) is 0.361. The molecule has 1 aliphatic rings. The second-order valence-electron chi connectivity index (χ2n) is 9.27. The molecule has 0 unspecified atom stereocenters. The Labute approximate surface area is 239 Å². The summed E-state index contributed by atoms with van der Waals surface area (Å²) < 4.78 is 40.1. The zero-order valence-corrected chi connectivity index (χ0v) is 24.0. The SMILES string of the molecule is CCCNC(=O)[C@@H](C)N(Cc1ccc(Cl)cc1)C(=O)CN(c1ccc2c(c1)OCCO2)S(=O)(=O)c1ccccc1. The molecule has 0 spiro atoms. The van der Waals surface area contributed by atoms with Gasteiger partial charge in [-0.05, 0) is 55.3 Å². The number of nitrogens with one attached hydrogen (secondary N) is 1. The fourth-order valence-corrected chi connectivity index (χ4v) is 5.75. The summed E-state index contributed by atoms with van der Waals surface area (Å²) in [7, 11) is -4.18. The summed E-state index contributed by atoms with van der Waals surface area (Å²) in [6.07, 6.45) is 0.733. The molecule has 0 aliphatic carbocycles. The summed E-state index contributed by atoms with van der Waals surface area (Å²) in [5.74, 6) is -0.0109. The van der Waals surface area contributed by atoms with Crippen LogP contribution >= 0.6 is 11.6 Å². The summed E-state index contributed by atoms with van der Waals surface area (Å²) in [6.45, 7) is 4.25. The van der Waals surface area contributed by atoms with Crippen LogP contribution in [-0.4, -0.2) is 57.5 Å². The maximum Gasteiger partial charge on any atom is 0.264 e. The van der Waals surface area contributed by atoms with E-state index in [9.17, 15) is 18.0 Å². The molecule has 2 amide bonds. The highest BCUT2D eigenvalue weighted by molar-refractivity contribution is 7.92. The van der Waals surface area contributed by atoms with Crippen molar-refractivity contribution in [1.82, 2.24) is 10.2 Å². The van der Waals surface area contributed by atoms with E-state index in [1.165, 1.54) is 17.0 Å². The van der Waals surface area contributed by atoms with E-state index in [1.54, 1.807) is 67.6 Å². The molecule has 40 heavy (non-hydrogen) atoms. The first-order valence-corrected chi connectivity index (χ1v) is 14.8. The zero-order valence-electron chi connectivity index (χ0n) is 22.4. The van der Waals surface area contributed by atoms with Crippen LogP contribution in [-0.2, 0) is 26.2 Å². The summed E-state index contributed by atoms with van der Waals surface area (Å²) >= 11 is 6.04. The van der Waals surface area contributed by atoms with Crippen LogP contribution in [0.2, 0.25) is 5.02 Å². The fourth-order valence-electron chi connectivity index (χ4n) is 4.20. The van der Waals surface area contributed by atoms with E-state index in [0.29, 0.717) is 36.3 Å². The second-order valence-corrected chi connectivity index (χ2v) is 11.6. The van der Waals surface area contributed by atoms with E-state index in [-0.39, 0.29) is 23.0 Å². The number of carbonyl (C=O) groups is 2. The lowest BCUT2D eigenvalue weighted by molar-refractivity contribution is -0.139. The van der Waals surface area contributed by atoms with Crippen molar-refractivity contribution in [1.29, 1.82) is 0 Å². The van der Waals surface area contributed by atoms with Gasteiger partial charge in [-0.25, -0.2) is 8.42 Å². The highest BCUT2D eigenvalue weighted by atomic mass is 35.5. The first-order chi connectivity index (χ1) is 19.2. The molecule has 9 nitrogen and oxygen atoms in total. The topological polar surface area (TPSA) is 105 Å². The number of rotatable bonds is 11. The monoisotopic (exact) mass is 585 g/mol. The minimum atomic E-state index is -4.18. The van der Waals surface area contributed by atoms with Gasteiger partial charge in [-0.1, -0.05) is 48.9 Å². The van der Waals surface area contributed by atoms with Crippen LogP contribution < -0.4 is 19.1 Å². The number of carbonyl (C=O) groups excluding carboxylic acids is 2. The number of fused-ring (bicyclic) bond motifs is 1. The molecule has 1 aliphatic heterocycles. The normalized spacial score (nSPS) is 13.3. The van der Waals surface area contributed by atoms with E-state index < -0.39 is 28.5 Å². The van der Waals surface area contributed by atoms with E-state index in [0.717, 1.165) is 16.3 Å². The van der Waals surface area contributed by atoms with Crippen molar-refractivity contribution in [2.75, 3.05) is 30.6 Å². The number of hydrogen-bond acceptors (Lipinski definition) is 6. The minimum absolute atomic E-state index is 0.0238. The molecule has 0 aromatic heterocycles. The van der Waals surface area contributed by atoms with Crippen molar-refractivity contribution in [3.63, 3.8) is 0 Å². The van der Waals surface area contributed by atoms with Gasteiger partial charge in [-0.15, -0.1) is 0 Å². The van der Waals surface area contributed by atoms with Crippen LogP contribution in [0.3, 0.4) is 0 Å². The lowest BCUT2D eigenvalue weighted by Gasteiger charge is -2.32. The van der Waals surface area contributed by atoms with E-state index in [1.807, 2.05) is 6.92 Å². The molecular formula is C29H32ClN3O6S. The third-order valence-electron chi connectivity index (χ3n) is 6.41. The predicted molar refractivity (Wildman–Crippen MR) is 153 cm³/mol. The second kappa shape index (κ2) is 13.1. The van der Waals surface area contributed by atoms with Crippen molar-refractivity contribution in [3.05, 3.63) is 83.4 Å². The molecule has 1 atom stereocenters. The summed E-state index contributed by atoms with van der Waals surface area (Å²) in [4.78, 5) is 28.3. The largest absolute Gasteiger partial charge is 0.486 e. The molecule has 0 radical (unpaired) electrons. The maximum atomic E-state index is 13.9. The van der Waals surface area contributed by atoms with E-state index in [4.69, 9.17) is 21.1 Å². The Kier molecular flexibility index (Phi) is 9.54. The Morgan fingerprint density at radius 1 is 0.975 bits per heavy atom. The predicted octanol–water partition coefficient (Wildman–Crippen LogP) is 4.25. The number of ether oxygens (including phenoxy) is 2. The minimum Gasteiger partial charge on any atom is -0.486 e. The van der Waals surface area contributed by atoms with Gasteiger partial charge in [0.2, 0.25) is 11.8 Å². The third-order valence-corrected chi connectivity index (χ3v) is 8.45. The van der Waals surface area contributed by atoms with Crippen molar-refractivity contribution < 1.29 is 27.5 Å². The van der Waals surface area contributed by atoms with E-state index in [2.05, 4.69) is 5.32 Å². The number of benzene rings is 3. The smallest absolute Gasteiger partial charge is 0.264 e. The lowest BCUT2D eigenvalue weighted by Crippen LogP contribution is -2.51. The summed E-state index contributed by atoms with van der Waals surface area (Å²) in [5.41, 5.74) is 0.973. The van der Waals surface area contributed by atoms with Crippen molar-refractivity contribution in [2.24, 2.45) is 0 Å². The van der Waals surface area contributed by atoms with Crippen LogP contribution in [0.15, 0.2) is 77.7 Å². The van der Waals surface area contributed by atoms with Gasteiger partial charge in [0, 0.05) is 24.2 Å². The van der Waals surface area contributed by atoms with Gasteiger partial charge in [-0.3, -0.25) is 13.9 Å². The summed E-state index contributed by atoms with van der Waals surface area (Å²) in [6, 6.07) is 18.7. The molecule has 3 aromatic carbocycles. The average molecular weight is 586 g/mol. The van der Waals surface area contributed by atoms with Gasteiger partial charge in [0.15, 0.2) is 11.5 Å². The Balaban J connectivity index is 1.71. The van der Waals surface area contributed by atoms with Crippen molar-refractivity contribution >= 4 is 39.1 Å². The Bertz CT molecular complexity index is 1430. The highest BCUT2D eigenvalue weighted by Crippen LogP contribution is 2.36. The van der Waals surface area contributed by atoms with Gasteiger partial charge in [0.1, 0.15) is 25.8 Å². The maximum absolute atomic E-state index is 13.9. The number of sulfonamides is 1. The molecule has 0 bridgehead atoms. The number of anilines is 1. The first-order valence-electron chi connectivity index (χ1n) is 13.0. The highest BCUT2D eigenvalue weighted by Gasteiger charge is 2.33. The number of hydrogen-bond donors (Lipinski definition) is 1. The van der Waals surface area contributed by atoms with E-state index >= 15 is 0 Å². The molecular weight excluding hydrogens is 554 g/mol. The molecule has 11 heteroatoms. The Morgan fingerprint density at radius 2 is 1.65 bits per heavy atom. The molecule has 4 rings (SSSR count). The van der Waals surface area contributed by atoms with Gasteiger partial charge in [0.05, 0.1) is 10.6 Å². The third kappa shape index (κ3) is 6.86. The Hall–Kier alpha value is -3.76. The average Bonchev–Trinajstić information content (AvgIpc) is 2.98. The molecule has 0 fully saturated rings. The standard InChI is InChI=1S/C29H32ClN3O6S/c1-3-15-31-29(35)21(2)32(19-22-9-11-23(30)12-10-22)28(34)20-33(40(36,37)25-7-5-4-6-8-25)24-13-14-26-27(18-24)39-17-16-38-26/h4-14,18,21H,3,15-17,19-20H2,1-2H3,(H,31,35)/t21-/m1/s1. The molecule has 0 saturated heterocycles. The van der Waals surface area contributed by atoms with Crippen LogP contribution in [0.5, 0.6) is 11.5 Å².